The number of halogens is 1. The number of carbonyl (C=O) groups is 1. The minimum absolute atomic E-state index is 0.0831. The van der Waals surface area contributed by atoms with Gasteiger partial charge in [0.25, 0.3) is 0 Å². The second-order valence-corrected chi connectivity index (χ2v) is 7.27. The van der Waals surface area contributed by atoms with Crippen LogP contribution in [0.3, 0.4) is 0 Å². The average Bonchev–Trinajstić information content (AvgIpc) is 3.20. The lowest BCUT2D eigenvalue weighted by atomic mass is 10.1. The quantitative estimate of drug-likeness (QED) is 0.770. The van der Waals surface area contributed by atoms with Crippen LogP contribution in [-0.2, 0) is 4.79 Å². The number of nitrogens with zero attached hydrogens (tertiary/aromatic N) is 1. The molecule has 0 aromatic heterocycles. The van der Waals surface area contributed by atoms with Gasteiger partial charge in [0.1, 0.15) is 11.1 Å². The molecule has 1 saturated heterocycles. The Bertz CT molecular complexity index is 796. The van der Waals surface area contributed by atoms with Gasteiger partial charge in [-0.25, -0.2) is 0 Å². The smallest absolute Gasteiger partial charge is 0.238 e. The summed E-state index contributed by atoms with van der Waals surface area (Å²) in [5.41, 5.74) is 1.84. The lowest BCUT2D eigenvalue weighted by Gasteiger charge is -2.25. The maximum Gasteiger partial charge on any atom is 0.238 e. The van der Waals surface area contributed by atoms with Crippen LogP contribution in [0.5, 0.6) is 17.2 Å². The molecule has 0 aliphatic carbocycles. The van der Waals surface area contributed by atoms with Gasteiger partial charge in [0.15, 0.2) is 11.5 Å². The van der Waals surface area contributed by atoms with E-state index in [4.69, 9.17) is 14.2 Å². The van der Waals surface area contributed by atoms with E-state index in [0.29, 0.717) is 11.5 Å². The number of fused-ring (bicyclic) bond motifs is 1. The van der Waals surface area contributed by atoms with Crippen LogP contribution in [0.25, 0.3) is 0 Å². The van der Waals surface area contributed by atoms with Crippen LogP contribution >= 0.6 is 27.7 Å². The number of hydrogen-bond donors (Lipinski definition) is 0. The lowest BCUT2D eigenvalue weighted by Crippen LogP contribution is -2.27. The topological polar surface area (TPSA) is 48.0 Å². The van der Waals surface area contributed by atoms with Gasteiger partial charge in [0.2, 0.25) is 12.7 Å². The molecule has 1 fully saturated rings. The van der Waals surface area contributed by atoms with Gasteiger partial charge in [-0.3, -0.25) is 9.69 Å². The summed E-state index contributed by atoms with van der Waals surface area (Å²) in [6.07, 6.45) is 0. The van der Waals surface area contributed by atoms with Crippen LogP contribution in [0, 0.1) is 0 Å². The highest BCUT2D eigenvalue weighted by molar-refractivity contribution is 9.10. The molecule has 5 nitrogen and oxygen atoms in total. The highest BCUT2D eigenvalue weighted by atomic mass is 79.9. The van der Waals surface area contributed by atoms with Crippen molar-refractivity contribution < 1.29 is 19.0 Å². The van der Waals surface area contributed by atoms with Gasteiger partial charge < -0.3 is 14.2 Å². The number of amides is 1. The van der Waals surface area contributed by atoms with E-state index in [1.54, 1.807) is 18.9 Å². The SMILES string of the molecule is COc1ccc(N2C(=O)CSC2c2cc3c(cc2Br)OCO3)cc1. The Morgan fingerprint density at radius 1 is 1.21 bits per heavy atom. The van der Waals surface area contributed by atoms with Crippen LogP contribution in [-0.4, -0.2) is 25.6 Å². The Labute approximate surface area is 152 Å². The third-order valence-corrected chi connectivity index (χ3v) is 5.86. The number of rotatable bonds is 3. The maximum atomic E-state index is 12.5. The molecule has 0 saturated carbocycles. The Balaban J connectivity index is 1.72. The monoisotopic (exact) mass is 407 g/mol. The molecule has 2 aromatic rings. The first-order chi connectivity index (χ1) is 11.7. The predicted octanol–water partition coefficient (Wildman–Crippen LogP) is 3.97. The van der Waals surface area contributed by atoms with Crippen LogP contribution in [0.4, 0.5) is 5.69 Å². The number of anilines is 1. The maximum absolute atomic E-state index is 12.5. The molecule has 1 atom stereocenters. The molecule has 7 heteroatoms. The van der Waals surface area contributed by atoms with Crippen molar-refractivity contribution in [2.24, 2.45) is 0 Å². The molecule has 2 aliphatic rings. The molecule has 0 bridgehead atoms. The van der Waals surface area contributed by atoms with E-state index in [9.17, 15) is 4.79 Å². The van der Waals surface area contributed by atoms with Gasteiger partial charge in [0, 0.05) is 15.7 Å². The van der Waals surface area contributed by atoms with Crippen molar-refractivity contribution in [3.63, 3.8) is 0 Å². The normalized spacial score (nSPS) is 19.0. The van der Waals surface area contributed by atoms with E-state index < -0.39 is 0 Å². The van der Waals surface area contributed by atoms with Crippen molar-refractivity contribution in [2.75, 3.05) is 24.6 Å². The minimum Gasteiger partial charge on any atom is -0.497 e. The summed E-state index contributed by atoms with van der Waals surface area (Å²) in [6, 6.07) is 11.4. The van der Waals surface area contributed by atoms with Crippen molar-refractivity contribution in [2.45, 2.75) is 5.37 Å². The fourth-order valence-electron chi connectivity index (χ4n) is 2.80. The summed E-state index contributed by atoms with van der Waals surface area (Å²) in [5, 5.41) is -0.116. The van der Waals surface area contributed by atoms with E-state index in [-0.39, 0.29) is 18.1 Å². The molecule has 0 N–H and O–H groups in total. The first-order valence-electron chi connectivity index (χ1n) is 7.34. The predicted molar refractivity (Wildman–Crippen MR) is 95.9 cm³/mol. The molecule has 1 unspecified atom stereocenters. The number of thioether (sulfide) groups is 1. The standard InChI is InChI=1S/C17H14BrNO4S/c1-21-11-4-2-10(3-5-11)19-16(20)8-24-17(19)12-6-14-15(7-13(12)18)23-9-22-14/h2-7,17H,8-9H2,1H3. The van der Waals surface area contributed by atoms with E-state index >= 15 is 0 Å². The molecule has 124 valence electrons. The van der Waals surface area contributed by atoms with Gasteiger partial charge in [0.05, 0.1) is 12.9 Å². The largest absolute Gasteiger partial charge is 0.497 e. The number of ether oxygens (including phenoxy) is 3. The van der Waals surface area contributed by atoms with E-state index in [0.717, 1.165) is 27.2 Å². The Morgan fingerprint density at radius 2 is 1.92 bits per heavy atom. The molecular weight excluding hydrogens is 394 g/mol. The summed E-state index contributed by atoms with van der Waals surface area (Å²) in [4.78, 5) is 14.3. The molecule has 2 aliphatic heterocycles. The van der Waals surface area contributed by atoms with Gasteiger partial charge >= 0.3 is 0 Å². The molecule has 0 radical (unpaired) electrons. The number of benzene rings is 2. The first-order valence-corrected chi connectivity index (χ1v) is 9.18. The average molecular weight is 408 g/mol. The summed E-state index contributed by atoms with van der Waals surface area (Å²) >= 11 is 5.19. The molecule has 2 heterocycles. The highest BCUT2D eigenvalue weighted by Gasteiger charge is 2.36. The molecule has 2 aromatic carbocycles. The van der Waals surface area contributed by atoms with Crippen molar-refractivity contribution >= 4 is 39.3 Å². The highest BCUT2D eigenvalue weighted by Crippen LogP contribution is 2.47. The zero-order chi connectivity index (χ0) is 16.7. The molecule has 24 heavy (non-hydrogen) atoms. The fourth-order valence-corrected chi connectivity index (χ4v) is 4.69. The van der Waals surface area contributed by atoms with E-state index in [1.807, 2.05) is 41.3 Å². The molecule has 4 rings (SSSR count). The lowest BCUT2D eigenvalue weighted by molar-refractivity contribution is -0.115. The van der Waals surface area contributed by atoms with Gasteiger partial charge in [-0.05, 0) is 36.4 Å². The van der Waals surface area contributed by atoms with Crippen LogP contribution in [0.2, 0.25) is 0 Å². The molecule has 1 amide bonds. The fraction of sp³-hybridized carbons (Fsp3) is 0.235. The number of methoxy groups -OCH3 is 1. The summed E-state index contributed by atoms with van der Waals surface area (Å²) in [5.74, 6) is 2.72. The molecule has 0 spiro atoms. The minimum atomic E-state index is -0.116. The van der Waals surface area contributed by atoms with Gasteiger partial charge in [-0.1, -0.05) is 15.9 Å². The van der Waals surface area contributed by atoms with E-state index in [1.165, 1.54) is 0 Å². The number of hydrogen-bond acceptors (Lipinski definition) is 5. The van der Waals surface area contributed by atoms with Crippen molar-refractivity contribution in [1.82, 2.24) is 0 Å². The summed E-state index contributed by atoms with van der Waals surface area (Å²) < 4.78 is 17.0. The van der Waals surface area contributed by atoms with E-state index in [2.05, 4.69) is 15.9 Å². The van der Waals surface area contributed by atoms with Gasteiger partial charge in [-0.2, -0.15) is 0 Å². The third kappa shape index (κ3) is 2.61. The Morgan fingerprint density at radius 3 is 2.62 bits per heavy atom. The van der Waals surface area contributed by atoms with Crippen molar-refractivity contribution in [3.05, 3.63) is 46.4 Å². The zero-order valence-electron chi connectivity index (χ0n) is 12.8. The van der Waals surface area contributed by atoms with Gasteiger partial charge in [-0.15, -0.1) is 11.8 Å². The summed E-state index contributed by atoms with van der Waals surface area (Å²) in [7, 11) is 1.62. The Hall–Kier alpha value is -1.86. The van der Waals surface area contributed by atoms with Crippen molar-refractivity contribution in [3.8, 4) is 17.2 Å². The van der Waals surface area contributed by atoms with Crippen LogP contribution in [0.15, 0.2) is 40.9 Å². The number of carbonyl (C=O) groups excluding carboxylic acids is 1. The second-order valence-electron chi connectivity index (χ2n) is 5.35. The second kappa shape index (κ2) is 6.22. The Kier molecular flexibility index (Phi) is 4.05. The van der Waals surface area contributed by atoms with Crippen LogP contribution < -0.4 is 19.1 Å². The van der Waals surface area contributed by atoms with Crippen molar-refractivity contribution in [1.29, 1.82) is 0 Å². The molecular formula is C17H14BrNO4S. The zero-order valence-corrected chi connectivity index (χ0v) is 15.2. The third-order valence-electron chi connectivity index (χ3n) is 3.98. The first kappa shape index (κ1) is 15.7. The van der Waals surface area contributed by atoms with Crippen LogP contribution in [0.1, 0.15) is 10.9 Å². The summed E-state index contributed by atoms with van der Waals surface area (Å²) in [6.45, 7) is 0.226.